The van der Waals surface area contributed by atoms with Gasteiger partial charge in [0.15, 0.2) is 0 Å². The van der Waals surface area contributed by atoms with E-state index >= 15 is 0 Å². The first-order chi connectivity index (χ1) is 11.3. The van der Waals surface area contributed by atoms with Gasteiger partial charge in [-0.1, -0.05) is 0 Å². The molecule has 5 nitrogen and oxygen atoms in total. The maximum Gasteiger partial charge on any atom is 0.407 e. The molecule has 0 spiro atoms. The van der Waals surface area contributed by atoms with Crippen LogP contribution in [0.4, 0.5) is 9.18 Å². The summed E-state index contributed by atoms with van der Waals surface area (Å²) in [6.45, 7) is 8.74. The van der Waals surface area contributed by atoms with Crippen LogP contribution < -0.4 is 10.1 Å². The van der Waals surface area contributed by atoms with E-state index in [4.69, 9.17) is 9.47 Å². The van der Waals surface area contributed by atoms with Crippen molar-refractivity contribution in [2.45, 2.75) is 45.3 Å². The van der Waals surface area contributed by atoms with Gasteiger partial charge < -0.3 is 19.7 Å². The summed E-state index contributed by atoms with van der Waals surface area (Å²) in [5.41, 5.74) is -0.472. The number of ether oxygens (including phenoxy) is 2. The summed E-state index contributed by atoms with van der Waals surface area (Å²) >= 11 is 0. The molecule has 0 unspecified atom stereocenters. The number of alkyl carbamates (subject to hydrolysis) is 1. The van der Waals surface area contributed by atoms with Gasteiger partial charge in [-0.25, -0.2) is 9.18 Å². The molecule has 0 aromatic heterocycles. The molecular formula is C18H27FN2O3. The van der Waals surface area contributed by atoms with Crippen LogP contribution in [-0.2, 0) is 4.74 Å². The first-order valence-electron chi connectivity index (χ1n) is 8.43. The van der Waals surface area contributed by atoms with E-state index in [1.54, 1.807) is 12.1 Å². The normalized spacial score (nSPS) is 16.7. The number of nitrogens with one attached hydrogen (secondary N) is 1. The predicted molar refractivity (Wildman–Crippen MR) is 90.7 cm³/mol. The molecular weight excluding hydrogens is 311 g/mol. The Balaban J connectivity index is 1.62. The zero-order chi connectivity index (χ0) is 17.6. The number of hydrogen-bond acceptors (Lipinski definition) is 4. The molecule has 1 saturated heterocycles. The Morgan fingerprint density at radius 1 is 1.25 bits per heavy atom. The van der Waals surface area contributed by atoms with E-state index in [1.165, 1.54) is 12.1 Å². The van der Waals surface area contributed by atoms with E-state index < -0.39 is 5.60 Å². The number of piperidine rings is 1. The summed E-state index contributed by atoms with van der Waals surface area (Å²) in [6, 6.07) is 6.14. The Bertz CT molecular complexity index is 520. The Labute approximate surface area is 143 Å². The van der Waals surface area contributed by atoms with E-state index in [9.17, 15) is 9.18 Å². The van der Waals surface area contributed by atoms with E-state index in [0.29, 0.717) is 12.3 Å². The molecule has 1 aliphatic rings. The highest BCUT2D eigenvalue weighted by Gasteiger charge is 2.21. The fourth-order valence-corrected chi connectivity index (χ4v) is 2.59. The first kappa shape index (κ1) is 18.5. The van der Waals surface area contributed by atoms with Crippen molar-refractivity contribution in [3.05, 3.63) is 30.1 Å². The molecule has 0 atom stereocenters. The van der Waals surface area contributed by atoms with Crippen LogP contribution in [0.25, 0.3) is 0 Å². The molecule has 1 aromatic rings. The molecule has 0 saturated carbocycles. The van der Waals surface area contributed by atoms with Gasteiger partial charge in [0.2, 0.25) is 0 Å². The van der Waals surface area contributed by atoms with Crippen molar-refractivity contribution in [2.75, 3.05) is 26.2 Å². The molecule has 1 N–H and O–H groups in total. The lowest BCUT2D eigenvalue weighted by Crippen LogP contribution is -2.43. The topological polar surface area (TPSA) is 50.8 Å². The SMILES string of the molecule is CC(C)(C)OC(=O)NCCN1CCC(Oc2ccc(F)cc2)CC1. The van der Waals surface area contributed by atoms with E-state index in [2.05, 4.69) is 10.2 Å². The number of likely N-dealkylation sites (tertiary alicyclic amines) is 1. The largest absolute Gasteiger partial charge is 0.490 e. The number of carbonyl (C=O) groups is 1. The van der Waals surface area contributed by atoms with Crippen molar-refractivity contribution >= 4 is 6.09 Å². The van der Waals surface area contributed by atoms with Crippen LogP contribution in [-0.4, -0.2) is 48.9 Å². The molecule has 2 rings (SSSR count). The van der Waals surface area contributed by atoms with Crippen molar-refractivity contribution in [2.24, 2.45) is 0 Å². The Morgan fingerprint density at radius 3 is 2.46 bits per heavy atom. The quantitative estimate of drug-likeness (QED) is 0.896. The first-order valence-corrected chi connectivity index (χ1v) is 8.43. The highest BCUT2D eigenvalue weighted by molar-refractivity contribution is 5.67. The van der Waals surface area contributed by atoms with E-state index in [0.717, 1.165) is 32.5 Å². The lowest BCUT2D eigenvalue weighted by Gasteiger charge is -2.32. The monoisotopic (exact) mass is 338 g/mol. The van der Waals surface area contributed by atoms with Crippen LogP contribution in [0.3, 0.4) is 0 Å². The number of halogens is 1. The molecule has 1 amide bonds. The second kappa shape index (κ2) is 8.33. The smallest absolute Gasteiger partial charge is 0.407 e. The number of benzene rings is 1. The lowest BCUT2D eigenvalue weighted by molar-refractivity contribution is 0.0512. The van der Waals surface area contributed by atoms with E-state index in [-0.39, 0.29) is 18.0 Å². The summed E-state index contributed by atoms with van der Waals surface area (Å²) < 4.78 is 24.0. The van der Waals surface area contributed by atoms with Gasteiger partial charge in [-0.3, -0.25) is 0 Å². The summed E-state index contributed by atoms with van der Waals surface area (Å²) in [6.07, 6.45) is 1.62. The van der Waals surface area contributed by atoms with Crippen molar-refractivity contribution in [1.29, 1.82) is 0 Å². The van der Waals surface area contributed by atoms with Gasteiger partial charge in [-0.05, 0) is 57.9 Å². The number of rotatable bonds is 5. The molecule has 0 radical (unpaired) electrons. The molecule has 1 fully saturated rings. The zero-order valence-corrected chi connectivity index (χ0v) is 14.7. The number of carbonyl (C=O) groups excluding carboxylic acids is 1. The van der Waals surface area contributed by atoms with Crippen LogP contribution >= 0.6 is 0 Å². The van der Waals surface area contributed by atoms with Gasteiger partial charge in [0.05, 0.1) is 0 Å². The van der Waals surface area contributed by atoms with Gasteiger partial charge in [0, 0.05) is 26.2 Å². The summed E-state index contributed by atoms with van der Waals surface area (Å²) in [4.78, 5) is 13.9. The molecule has 1 aromatic carbocycles. The third-order valence-electron chi connectivity index (χ3n) is 3.75. The molecule has 0 bridgehead atoms. The minimum atomic E-state index is -0.472. The van der Waals surface area contributed by atoms with E-state index in [1.807, 2.05) is 20.8 Å². The van der Waals surface area contributed by atoms with Crippen molar-refractivity contribution in [3.63, 3.8) is 0 Å². The molecule has 6 heteroatoms. The fourth-order valence-electron chi connectivity index (χ4n) is 2.59. The Hall–Kier alpha value is -1.82. The minimum Gasteiger partial charge on any atom is -0.490 e. The highest BCUT2D eigenvalue weighted by atomic mass is 19.1. The van der Waals surface area contributed by atoms with Crippen molar-refractivity contribution < 1.29 is 18.7 Å². The van der Waals surface area contributed by atoms with Gasteiger partial charge >= 0.3 is 6.09 Å². The Kier molecular flexibility index (Phi) is 6.43. The maximum atomic E-state index is 12.9. The predicted octanol–water partition coefficient (Wildman–Crippen LogP) is 3.19. The molecule has 24 heavy (non-hydrogen) atoms. The number of hydrogen-bond donors (Lipinski definition) is 1. The zero-order valence-electron chi connectivity index (χ0n) is 14.7. The number of amides is 1. The minimum absolute atomic E-state index is 0.158. The fraction of sp³-hybridized carbons (Fsp3) is 0.611. The summed E-state index contributed by atoms with van der Waals surface area (Å²) in [7, 11) is 0. The van der Waals surface area contributed by atoms with Crippen LogP contribution in [0.15, 0.2) is 24.3 Å². The molecule has 1 aliphatic heterocycles. The molecule has 0 aliphatic carbocycles. The standard InChI is InChI=1S/C18H27FN2O3/c1-18(2,3)24-17(22)20-10-13-21-11-8-16(9-12-21)23-15-6-4-14(19)5-7-15/h4-7,16H,8-13H2,1-3H3,(H,20,22). The number of nitrogens with zero attached hydrogens (tertiary/aromatic N) is 1. The van der Waals surface area contributed by atoms with Gasteiger partial charge in [0.1, 0.15) is 23.3 Å². The van der Waals surface area contributed by atoms with Crippen LogP contribution in [0.5, 0.6) is 5.75 Å². The Morgan fingerprint density at radius 2 is 1.88 bits per heavy atom. The van der Waals surface area contributed by atoms with Gasteiger partial charge in [-0.15, -0.1) is 0 Å². The van der Waals surface area contributed by atoms with Crippen LogP contribution in [0.1, 0.15) is 33.6 Å². The second-order valence-corrected chi connectivity index (χ2v) is 7.04. The van der Waals surface area contributed by atoms with Crippen molar-refractivity contribution in [3.8, 4) is 5.75 Å². The third-order valence-corrected chi connectivity index (χ3v) is 3.75. The van der Waals surface area contributed by atoms with Gasteiger partial charge in [0.25, 0.3) is 0 Å². The average Bonchev–Trinajstić information content (AvgIpc) is 2.49. The van der Waals surface area contributed by atoms with Crippen LogP contribution in [0, 0.1) is 5.82 Å². The highest BCUT2D eigenvalue weighted by Crippen LogP contribution is 2.19. The molecule has 1 heterocycles. The maximum absolute atomic E-state index is 12.9. The summed E-state index contributed by atoms with van der Waals surface area (Å²) in [5, 5.41) is 2.77. The van der Waals surface area contributed by atoms with Gasteiger partial charge in [-0.2, -0.15) is 0 Å². The van der Waals surface area contributed by atoms with Crippen LogP contribution in [0.2, 0.25) is 0 Å². The second-order valence-electron chi connectivity index (χ2n) is 7.04. The third kappa shape index (κ3) is 6.74. The average molecular weight is 338 g/mol. The molecule has 134 valence electrons. The summed E-state index contributed by atoms with van der Waals surface area (Å²) in [5.74, 6) is 0.455. The lowest BCUT2D eigenvalue weighted by atomic mass is 10.1. The van der Waals surface area contributed by atoms with Crippen molar-refractivity contribution in [1.82, 2.24) is 10.2 Å².